The highest BCUT2D eigenvalue weighted by atomic mass is 35.5. The van der Waals surface area contributed by atoms with E-state index in [9.17, 15) is 22.8 Å². The lowest BCUT2D eigenvalue weighted by Crippen LogP contribution is -2.15. The molecular formula is C18H13Cl3F3NO3. The lowest BCUT2D eigenvalue weighted by molar-refractivity contribution is -0.145. The Balaban J connectivity index is 1.86. The fourth-order valence-corrected chi connectivity index (χ4v) is 2.72. The summed E-state index contributed by atoms with van der Waals surface area (Å²) < 4.78 is 43.2. The van der Waals surface area contributed by atoms with E-state index in [0.717, 1.165) is 18.2 Å². The molecule has 28 heavy (non-hydrogen) atoms. The van der Waals surface area contributed by atoms with Crippen molar-refractivity contribution in [1.82, 2.24) is 0 Å². The molecular weight excluding hydrogens is 442 g/mol. The van der Waals surface area contributed by atoms with E-state index in [2.05, 4.69) is 5.32 Å². The molecule has 10 heteroatoms. The fraction of sp³-hybridized carbons (Fsp3) is 0.222. The summed E-state index contributed by atoms with van der Waals surface area (Å²) in [7, 11) is 0. The van der Waals surface area contributed by atoms with Gasteiger partial charge in [-0.25, -0.2) is 0 Å². The molecule has 0 atom stereocenters. The summed E-state index contributed by atoms with van der Waals surface area (Å²) in [6.45, 7) is -0.101. The van der Waals surface area contributed by atoms with Gasteiger partial charge < -0.3 is 10.1 Å². The molecule has 0 bridgehead atoms. The van der Waals surface area contributed by atoms with Gasteiger partial charge in [0.15, 0.2) is 0 Å². The Morgan fingerprint density at radius 1 is 0.964 bits per heavy atom. The molecule has 0 aliphatic carbocycles. The minimum Gasteiger partial charge on any atom is -0.461 e. The molecule has 150 valence electrons. The number of alkyl halides is 3. The quantitative estimate of drug-likeness (QED) is 0.534. The van der Waals surface area contributed by atoms with Crippen molar-refractivity contribution >= 4 is 52.4 Å². The number of halogens is 6. The highest BCUT2D eigenvalue weighted by molar-refractivity contribution is 6.35. The zero-order valence-corrected chi connectivity index (χ0v) is 16.3. The lowest BCUT2D eigenvalue weighted by Gasteiger charge is -2.11. The molecule has 4 nitrogen and oxygen atoms in total. The van der Waals surface area contributed by atoms with Crippen molar-refractivity contribution in [3.63, 3.8) is 0 Å². The maximum absolute atomic E-state index is 12.7. The van der Waals surface area contributed by atoms with Crippen LogP contribution in [0, 0.1) is 0 Å². The van der Waals surface area contributed by atoms with Gasteiger partial charge in [-0.1, -0.05) is 40.9 Å². The van der Waals surface area contributed by atoms with E-state index in [1.54, 1.807) is 12.1 Å². The van der Waals surface area contributed by atoms with Gasteiger partial charge in [0.05, 0.1) is 22.7 Å². The first-order valence-corrected chi connectivity index (χ1v) is 8.96. The molecule has 0 spiro atoms. The van der Waals surface area contributed by atoms with Crippen molar-refractivity contribution in [1.29, 1.82) is 0 Å². The molecule has 0 fully saturated rings. The molecule has 2 aromatic carbocycles. The van der Waals surface area contributed by atoms with E-state index in [0.29, 0.717) is 15.6 Å². The van der Waals surface area contributed by atoms with E-state index in [1.165, 1.54) is 6.07 Å². The highest BCUT2D eigenvalue weighted by Gasteiger charge is 2.31. The Morgan fingerprint density at radius 3 is 2.32 bits per heavy atom. The van der Waals surface area contributed by atoms with Gasteiger partial charge in [0.25, 0.3) is 0 Å². The molecule has 1 N–H and O–H groups in total. The predicted molar refractivity (Wildman–Crippen MR) is 101 cm³/mol. The first kappa shape index (κ1) is 22.3. The number of rotatable bonds is 6. The monoisotopic (exact) mass is 453 g/mol. The summed E-state index contributed by atoms with van der Waals surface area (Å²) in [5.41, 5.74) is -0.603. The maximum Gasteiger partial charge on any atom is 0.416 e. The van der Waals surface area contributed by atoms with Gasteiger partial charge in [-0.15, -0.1) is 0 Å². The number of ether oxygens (including phenoxy) is 1. The molecule has 2 aromatic rings. The van der Waals surface area contributed by atoms with Crippen LogP contribution in [0.1, 0.15) is 24.0 Å². The van der Waals surface area contributed by atoms with E-state index >= 15 is 0 Å². The number of anilines is 1. The largest absolute Gasteiger partial charge is 0.461 e. The molecule has 0 radical (unpaired) electrons. The number of benzene rings is 2. The van der Waals surface area contributed by atoms with Crippen molar-refractivity contribution in [2.45, 2.75) is 25.6 Å². The van der Waals surface area contributed by atoms with Crippen LogP contribution >= 0.6 is 34.8 Å². The van der Waals surface area contributed by atoms with Gasteiger partial charge in [-0.05, 0) is 30.3 Å². The van der Waals surface area contributed by atoms with Gasteiger partial charge in [-0.2, -0.15) is 13.2 Å². The van der Waals surface area contributed by atoms with Crippen molar-refractivity contribution in [3.8, 4) is 0 Å². The topological polar surface area (TPSA) is 55.4 Å². The Labute approximate surface area is 173 Å². The summed E-state index contributed by atoms with van der Waals surface area (Å²) >= 11 is 17.5. The van der Waals surface area contributed by atoms with Crippen molar-refractivity contribution < 1.29 is 27.5 Å². The number of esters is 1. The lowest BCUT2D eigenvalue weighted by atomic mass is 10.2. The van der Waals surface area contributed by atoms with Crippen LogP contribution in [-0.2, 0) is 27.1 Å². The number of hydrogen-bond donors (Lipinski definition) is 1. The summed E-state index contributed by atoms with van der Waals surface area (Å²) in [5.74, 6) is -1.35. The van der Waals surface area contributed by atoms with Crippen LogP contribution in [0.5, 0.6) is 0 Å². The second-order valence-electron chi connectivity index (χ2n) is 5.64. The van der Waals surface area contributed by atoms with Crippen LogP contribution in [0.4, 0.5) is 18.9 Å². The average molecular weight is 455 g/mol. The Hall–Kier alpha value is -1.96. The Bertz CT molecular complexity index is 888. The Morgan fingerprint density at radius 2 is 1.68 bits per heavy atom. The summed E-state index contributed by atoms with van der Waals surface area (Å²) in [5, 5.41) is 2.96. The normalized spacial score (nSPS) is 11.2. The van der Waals surface area contributed by atoms with Gasteiger partial charge in [0.2, 0.25) is 5.91 Å². The van der Waals surface area contributed by atoms with Gasteiger partial charge >= 0.3 is 12.1 Å². The number of carbonyl (C=O) groups is 2. The first-order chi connectivity index (χ1) is 13.1. The minimum absolute atomic E-state index is 0.0543. The van der Waals surface area contributed by atoms with Crippen molar-refractivity contribution in [2.24, 2.45) is 0 Å². The second-order valence-corrected chi connectivity index (χ2v) is 6.89. The molecule has 0 aliphatic rings. The number of carbonyl (C=O) groups excluding carboxylic acids is 2. The van der Waals surface area contributed by atoms with E-state index in [4.69, 9.17) is 39.5 Å². The van der Waals surface area contributed by atoms with Gasteiger partial charge in [-0.3, -0.25) is 9.59 Å². The zero-order valence-electron chi connectivity index (χ0n) is 14.1. The first-order valence-electron chi connectivity index (χ1n) is 7.82. The third kappa shape index (κ3) is 6.58. The van der Waals surface area contributed by atoms with Crippen LogP contribution in [0.3, 0.4) is 0 Å². The van der Waals surface area contributed by atoms with Crippen LogP contribution in [0.25, 0.3) is 0 Å². The summed E-state index contributed by atoms with van der Waals surface area (Å²) in [6.07, 6.45) is -5.13. The predicted octanol–water partition coefficient (Wildman–Crippen LogP) is 6.13. The van der Waals surface area contributed by atoms with Crippen LogP contribution < -0.4 is 5.32 Å². The molecule has 1 amide bonds. The SMILES string of the molecule is O=C(CCC(=O)OCc1ccc(Cl)cc1Cl)Nc1cc(C(F)(F)F)ccc1Cl. The molecule has 0 aromatic heterocycles. The van der Waals surface area contributed by atoms with Gasteiger partial charge in [0.1, 0.15) is 6.61 Å². The molecule has 0 heterocycles. The molecule has 0 unspecified atom stereocenters. The third-order valence-electron chi connectivity index (χ3n) is 3.53. The molecule has 0 aliphatic heterocycles. The van der Waals surface area contributed by atoms with Crippen LogP contribution in [0.15, 0.2) is 36.4 Å². The van der Waals surface area contributed by atoms with E-state index in [-0.39, 0.29) is 30.2 Å². The third-order valence-corrected chi connectivity index (χ3v) is 4.44. The molecule has 0 saturated carbocycles. The summed E-state index contributed by atoms with van der Waals surface area (Å²) in [4.78, 5) is 23.7. The summed E-state index contributed by atoms with van der Waals surface area (Å²) in [6, 6.07) is 7.24. The van der Waals surface area contributed by atoms with Gasteiger partial charge in [0, 0.05) is 22.0 Å². The molecule has 0 saturated heterocycles. The number of amides is 1. The van der Waals surface area contributed by atoms with E-state index < -0.39 is 23.6 Å². The second kappa shape index (κ2) is 9.49. The fourth-order valence-electron chi connectivity index (χ4n) is 2.09. The standard InChI is InChI=1S/C18H13Cl3F3NO3/c19-12-3-1-10(14(21)8-12)9-28-17(27)6-5-16(26)25-15-7-11(18(22,23)24)2-4-13(15)20/h1-4,7-8H,5-6,9H2,(H,25,26). The minimum atomic E-state index is -4.57. The number of hydrogen-bond acceptors (Lipinski definition) is 3. The Kier molecular flexibility index (Phi) is 7.57. The highest BCUT2D eigenvalue weighted by Crippen LogP contribution is 2.33. The average Bonchev–Trinajstić information content (AvgIpc) is 2.60. The smallest absolute Gasteiger partial charge is 0.416 e. The van der Waals surface area contributed by atoms with Crippen LogP contribution in [0.2, 0.25) is 15.1 Å². The van der Waals surface area contributed by atoms with Crippen molar-refractivity contribution in [2.75, 3.05) is 5.32 Å². The molecule has 2 rings (SSSR count). The van der Waals surface area contributed by atoms with E-state index in [1.807, 2.05) is 0 Å². The van der Waals surface area contributed by atoms with Crippen LogP contribution in [-0.4, -0.2) is 11.9 Å². The maximum atomic E-state index is 12.7. The number of nitrogens with one attached hydrogen (secondary N) is 1. The zero-order chi connectivity index (χ0) is 20.9. The van der Waals surface area contributed by atoms with Crippen molar-refractivity contribution in [3.05, 3.63) is 62.6 Å².